The number of pyridine rings is 2. The molecule has 1 fully saturated rings. The van der Waals surface area contributed by atoms with Gasteiger partial charge in [-0.2, -0.15) is 0 Å². The second-order valence-corrected chi connectivity index (χ2v) is 8.94. The average molecular weight is 488 g/mol. The first-order chi connectivity index (χ1) is 17.6. The van der Waals surface area contributed by atoms with Crippen LogP contribution in [-0.4, -0.2) is 54.5 Å². The molecule has 0 bridgehead atoms. The minimum absolute atomic E-state index is 0.0243. The van der Waals surface area contributed by atoms with E-state index in [1.54, 1.807) is 12.4 Å². The number of hydrogen-bond donors (Lipinski definition) is 2. The zero-order valence-electron chi connectivity index (χ0n) is 19.3. The molecular weight excluding hydrogens is 464 g/mol. The van der Waals surface area contributed by atoms with Crippen LogP contribution >= 0.6 is 0 Å². The summed E-state index contributed by atoms with van der Waals surface area (Å²) in [7, 11) is 0. The fourth-order valence-electron chi connectivity index (χ4n) is 4.71. The van der Waals surface area contributed by atoms with Crippen LogP contribution in [0.25, 0.3) is 39.2 Å². The highest BCUT2D eigenvalue weighted by molar-refractivity contribution is 5.94. The van der Waals surface area contributed by atoms with Gasteiger partial charge in [0.2, 0.25) is 0 Å². The number of hydrogen-bond acceptors (Lipinski definition) is 6. The van der Waals surface area contributed by atoms with Crippen LogP contribution in [0.4, 0.5) is 14.6 Å². The molecule has 0 unspecified atom stereocenters. The van der Waals surface area contributed by atoms with Gasteiger partial charge in [-0.15, -0.1) is 10.2 Å². The molecular formula is C26H23F2N7O. The monoisotopic (exact) mass is 487 g/mol. The maximum absolute atomic E-state index is 14.5. The van der Waals surface area contributed by atoms with E-state index in [-0.39, 0.29) is 12.3 Å². The molecule has 0 atom stereocenters. The Kier molecular flexibility index (Phi) is 5.65. The summed E-state index contributed by atoms with van der Waals surface area (Å²) in [6.07, 6.45) is 8.60. The summed E-state index contributed by atoms with van der Waals surface area (Å²) in [6.45, 7) is 2.00. The highest BCUT2D eigenvalue weighted by Crippen LogP contribution is 2.32. The number of fused-ring (bicyclic) bond motifs is 1. The highest BCUT2D eigenvalue weighted by atomic mass is 19.2. The van der Waals surface area contributed by atoms with Gasteiger partial charge in [-0.05, 0) is 49.1 Å². The van der Waals surface area contributed by atoms with E-state index in [2.05, 4.69) is 30.0 Å². The third-order valence-corrected chi connectivity index (χ3v) is 6.79. The summed E-state index contributed by atoms with van der Waals surface area (Å²) < 4.78 is 29.8. The first-order valence-electron chi connectivity index (χ1n) is 11.8. The molecule has 1 aliphatic rings. The number of aliphatic hydroxyl groups excluding tert-OH is 1. The quantitative estimate of drug-likeness (QED) is 0.383. The number of rotatable bonds is 5. The summed E-state index contributed by atoms with van der Waals surface area (Å²) in [6, 6.07) is 9.97. The average Bonchev–Trinajstić information content (AvgIpc) is 3.57. The minimum Gasteiger partial charge on any atom is -0.396 e. The predicted octanol–water partition coefficient (Wildman–Crippen LogP) is 4.36. The zero-order valence-corrected chi connectivity index (χ0v) is 19.3. The Morgan fingerprint density at radius 1 is 1.03 bits per heavy atom. The van der Waals surface area contributed by atoms with Crippen molar-refractivity contribution in [2.75, 3.05) is 24.6 Å². The third-order valence-electron chi connectivity index (χ3n) is 6.79. The van der Waals surface area contributed by atoms with E-state index in [1.165, 1.54) is 23.0 Å². The third kappa shape index (κ3) is 3.89. The molecule has 2 N–H and O–H groups in total. The van der Waals surface area contributed by atoms with Gasteiger partial charge < -0.3 is 15.0 Å². The summed E-state index contributed by atoms with van der Waals surface area (Å²) in [4.78, 5) is 14.6. The van der Waals surface area contributed by atoms with E-state index in [1.807, 2.05) is 24.4 Å². The Balaban J connectivity index is 1.33. The van der Waals surface area contributed by atoms with Crippen LogP contribution in [0.5, 0.6) is 0 Å². The van der Waals surface area contributed by atoms with E-state index in [0.717, 1.165) is 54.3 Å². The summed E-state index contributed by atoms with van der Waals surface area (Å²) in [5.41, 5.74) is 3.10. The molecule has 5 heterocycles. The number of nitrogens with zero attached hydrogens (tertiary/aromatic N) is 6. The van der Waals surface area contributed by atoms with Gasteiger partial charge in [-0.25, -0.2) is 18.7 Å². The number of aromatic nitrogens is 6. The van der Waals surface area contributed by atoms with Crippen LogP contribution in [0.1, 0.15) is 12.8 Å². The standard InChI is InChI=1S/C26H23F2N7O/c27-21-2-1-3-22(24(21)28)35-15-32-33-26(35)20-13-31-25-19(20)10-18(12-30-25)17-4-5-23(29-11-17)34-8-6-16(14-36)7-9-34/h1-5,10-13,15-16,36H,6-9,14H2,(H,30,31). The fourth-order valence-corrected chi connectivity index (χ4v) is 4.71. The van der Waals surface area contributed by atoms with Crippen LogP contribution < -0.4 is 4.90 Å². The Hall–Kier alpha value is -4.18. The lowest BCUT2D eigenvalue weighted by Gasteiger charge is -2.32. The minimum atomic E-state index is -0.969. The SMILES string of the molecule is OCC1CCN(c2ccc(-c3cnc4[nH]cc(-c5nncn5-c5cccc(F)c5F)c4c3)cn2)CC1. The van der Waals surface area contributed by atoms with Crippen molar-refractivity contribution in [3.63, 3.8) is 0 Å². The predicted molar refractivity (Wildman–Crippen MR) is 132 cm³/mol. The van der Waals surface area contributed by atoms with Crippen molar-refractivity contribution >= 4 is 16.9 Å². The van der Waals surface area contributed by atoms with Gasteiger partial charge in [-0.1, -0.05) is 6.07 Å². The van der Waals surface area contributed by atoms with Crippen LogP contribution in [0.2, 0.25) is 0 Å². The Bertz CT molecular complexity index is 1520. The van der Waals surface area contributed by atoms with Gasteiger partial charge in [0.05, 0.1) is 5.69 Å². The first-order valence-corrected chi connectivity index (χ1v) is 11.8. The van der Waals surface area contributed by atoms with Crippen molar-refractivity contribution in [1.82, 2.24) is 29.7 Å². The maximum atomic E-state index is 14.5. The van der Waals surface area contributed by atoms with Crippen molar-refractivity contribution in [1.29, 1.82) is 0 Å². The van der Waals surface area contributed by atoms with Gasteiger partial charge in [0.15, 0.2) is 17.5 Å². The number of aliphatic hydroxyl groups is 1. The molecule has 1 saturated heterocycles. The molecule has 0 aliphatic carbocycles. The number of nitrogens with one attached hydrogen (secondary N) is 1. The van der Waals surface area contributed by atoms with Crippen molar-refractivity contribution in [2.45, 2.75) is 12.8 Å². The molecule has 6 rings (SSSR count). The van der Waals surface area contributed by atoms with E-state index in [0.29, 0.717) is 23.0 Å². The first kappa shape index (κ1) is 22.3. The number of halogens is 2. The molecule has 10 heteroatoms. The van der Waals surface area contributed by atoms with E-state index in [9.17, 15) is 13.9 Å². The van der Waals surface area contributed by atoms with Crippen LogP contribution in [0.15, 0.2) is 61.3 Å². The molecule has 5 aromatic rings. The van der Waals surface area contributed by atoms with Gasteiger partial charge in [-0.3, -0.25) is 4.57 Å². The smallest absolute Gasteiger partial charge is 0.182 e. The highest BCUT2D eigenvalue weighted by Gasteiger charge is 2.20. The van der Waals surface area contributed by atoms with Gasteiger partial charge in [0.25, 0.3) is 0 Å². The largest absolute Gasteiger partial charge is 0.396 e. The van der Waals surface area contributed by atoms with Crippen molar-refractivity contribution < 1.29 is 13.9 Å². The molecule has 1 aliphatic heterocycles. The molecule has 0 amide bonds. The zero-order chi connectivity index (χ0) is 24.6. The van der Waals surface area contributed by atoms with Crippen molar-refractivity contribution in [3.8, 4) is 28.2 Å². The molecule has 8 nitrogen and oxygen atoms in total. The Morgan fingerprint density at radius 2 is 1.86 bits per heavy atom. The molecule has 4 aromatic heterocycles. The lowest BCUT2D eigenvalue weighted by atomic mass is 9.98. The van der Waals surface area contributed by atoms with Crippen LogP contribution in [0, 0.1) is 17.6 Å². The van der Waals surface area contributed by atoms with E-state index < -0.39 is 11.6 Å². The van der Waals surface area contributed by atoms with E-state index in [4.69, 9.17) is 0 Å². The van der Waals surface area contributed by atoms with Crippen LogP contribution in [-0.2, 0) is 0 Å². The van der Waals surface area contributed by atoms with Gasteiger partial charge in [0.1, 0.15) is 17.8 Å². The normalized spacial score (nSPS) is 14.6. The summed E-state index contributed by atoms with van der Waals surface area (Å²) in [5.74, 6) is -0.258. The number of benzene rings is 1. The lowest BCUT2D eigenvalue weighted by Crippen LogP contribution is -2.35. The topological polar surface area (TPSA) is 95.7 Å². The second-order valence-electron chi connectivity index (χ2n) is 8.94. The molecule has 0 radical (unpaired) electrons. The summed E-state index contributed by atoms with van der Waals surface area (Å²) in [5, 5.41) is 18.2. The maximum Gasteiger partial charge on any atom is 0.182 e. The molecule has 0 saturated carbocycles. The number of piperidine rings is 1. The van der Waals surface area contributed by atoms with E-state index >= 15 is 0 Å². The summed E-state index contributed by atoms with van der Waals surface area (Å²) >= 11 is 0. The van der Waals surface area contributed by atoms with Crippen molar-refractivity contribution in [3.05, 3.63) is 73.0 Å². The molecule has 36 heavy (non-hydrogen) atoms. The van der Waals surface area contributed by atoms with Gasteiger partial charge in [0, 0.05) is 60.4 Å². The Morgan fingerprint density at radius 3 is 2.64 bits per heavy atom. The second kappa shape index (κ2) is 9.12. The fraction of sp³-hybridized carbons (Fsp3) is 0.231. The number of H-pyrrole nitrogens is 1. The number of anilines is 1. The Labute approximate surface area is 205 Å². The molecule has 182 valence electrons. The van der Waals surface area contributed by atoms with Crippen molar-refractivity contribution in [2.24, 2.45) is 5.92 Å². The molecule has 0 spiro atoms. The number of aromatic amines is 1. The molecule has 1 aromatic carbocycles. The van der Waals surface area contributed by atoms with Crippen LogP contribution in [0.3, 0.4) is 0 Å². The van der Waals surface area contributed by atoms with Gasteiger partial charge >= 0.3 is 0 Å². The lowest BCUT2D eigenvalue weighted by molar-refractivity contribution is 0.203.